The van der Waals surface area contributed by atoms with E-state index >= 15 is 0 Å². The topological polar surface area (TPSA) is 79.4 Å². The van der Waals surface area contributed by atoms with E-state index in [9.17, 15) is 9.59 Å². The van der Waals surface area contributed by atoms with Crippen molar-refractivity contribution in [2.75, 3.05) is 7.11 Å². The number of hydrogen-bond donors (Lipinski definition) is 2. The van der Waals surface area contributed by atoms with Crippen molar-refractivity contribution in [2.45, 2.75) is 0 Å². The van der Waals surface area contributed by atoms with Gasteiger partial charge in [0, 0.05) is 11.8 Å². The van der Waals surface area contributed by atoms with Crippen LogP contribution in [-0.4, -0.2) is 23.2 Å². The van der Waals surface area contributed by atoms with E-state index in [1.54, 1.807) is 18.2 Å². The molecule has 0 aliphatic heterocycles. The van der Waals surface area contributed by atoms with Gasteiger partial charge in [0.15, 0.2) is 0 Å². The lowest BCUT2D eigenvalue weighted by Crippen LogP contribution is -2.11. The number of halogens is 1. The van der Waals surface area contributed by atoms with Crippen LogP contribution < -0.4 is 10.3 Å². The van der Waals surface area contributed by atoms with Crippen LogP contribution in [0.1, 0.15) is 10.4 Å². The molecule has 19 heavy (non-hydrogen) atoms. The molecule has 0 aliphatic carbocycles. The van der Waals surface area contributed by atoms with Gasteiger partial charge < -0.3 is 14.8 Å². The molecule has 1 aromatic carbocycles. The molecule has 0 saturated carbocycles. The summed E-state index contributed by atoms with van der Waals surface area (Å²) in [7, 11) is 1.48. The summed E-state index contributed by atoms with van der Waals surface area (Å²) >= 11 is 5.98. The van der Waals surface area contributed by atoms with Crippen LogP contribution in [0.5, 0.6) is 5.75 Å². The Morgan fingerprint density at radius 2 is 2.11 bits per heavy atom. The third kappa shape index (κ3) is 2.61. The zero-order valence-electron chi connectivity index (χ0n) is 9.94. The third-order valence-corrected chi connectivity index (χ3v) is 2.91. The van der Waals surface area contributed by atoms with E-state index in [4.69, 9.17) is 21.4 Å². The van der Waals surface area contributed by atoms with Crippen molar-refractivity contribution in [3.05, 3.63) is 51.4 Å². The second kappa shape index (κ2) is 5.16. The number of methoxy groups -OCH3 is 1. The van der Waals surface area contributed by atoms with E-state index in [-0.39, 0.29) is 16.7 Å². The SMILES string of the molecule is COc1ccc(-c2cc(C(=O)O)c[nH]c2=O)cc1Cl. The van der Waals surface area contributed by atoms with Gasteiger partial charge in [0.05, 0.1) is 17.7 Å². The molecular weight excluding hydrogens is 270 g/mol. The van der Waals surface area contributed by atoms with Gasteiger partial charge in [-0.1, -0.05) is 17.7 Å². The summed E-state index contributed by atoms with van der Waals surface area (Å²) in [6, 6.07) is 6.11. The Hall–Kier alpha value is -2.27. The summed E-state index contributed by atoms with van der Waals surface area (Å²) in [6.45, 7) is 0. The third-order valence-electron chi connectivity index (χ3n) is 2.61. The van der Waals surface area contributed by atoms with Crippen molar-refractivity contribution in [3.8, 4) is 16.9 Å². The number of aromatic carboxylic acids is 1. The maximum absolute atomic E-state index is 11.7. The molecule has 1 heterocycles. The standard InChI is InChI=1S/C13H10ClNO4/c1-19-11-3-2-7(5-10(11)14)9-4-8(13(17)18)6-15-12(9)16/h2-6H,1H3,(H,15,16)(H,17,18). The number of H-pyrrole nitrogens is 1. The highest BCUT2D eigenvalue weighted by atomic mass is 35.5. The van der Waals surface area contributed by atoms with Gasteiger partial charge in [-0.05, 0) is 23.8 Å². The molecule has 0 fully saturated rings. The Morgan fingerprint density at radius 1 is 1.37 bits per heavy atom. The number of carbonyl (C=O) groups is 1. The van der Waals surface area contributed by atoms with Crippen molar-refractivity contribution >= 4 is 17.6 Å². The lowest BCUT2D eigenvalue weighted by atomic mass is 10.1. The maximum Gasteiger partial charge on any atom is 0.337 e. The fourth-order valence-corrected chi connectivity index (χ4v) is 1.91. The van der Waals surface area contributed by atoms with Gasteiger partial charge in [0.25, 0.3) is 5.56 Å². The fraction of sp³-hybridized carbons (Fsp3) is 0.0769. The molecule has 2 aromatic rings. The van der Waals surface area contributed by atoms with E-state index < -0.39 is 5.97 Å². The monoisotopic (exact) mass is 279 g/mol. The molecule has 5 nitrogen and oxygen atoms in total. The summed E-state index contributed by atoms with van der Waals surface area (Å²) in [4.78, 5) is 25.0. The van der Waals surface area contributed by atoms with Gasteiger partial charge in [-0.2, -0.15) is 0 Å². The summed E-state index contributed by atoms with van der Waals surface area (Å²) in [5, 5.41) is 9.26. The minimum absolute atomic E-state index is 0.00143. The van der Waals surface area contributed by atoms with Crippen LogP contribution in [0.4, 0.5) is 0 Å². The number of benzene rings is 1. The quantitative estimate of drug-likeness (QED) is 0.904. The van der Waals surface area contributed by atoms with Crippen LogP contribution in [0, 0.1) is 0 Å². The molecule has 6 heteroatoms. The summed E-state index contributed by atoms with van der Waals surface area (Å²) in [5.41, 5.74) is 0.382. The van der Waals surface area contributed by atoms with Gasteiger partial charge in [-0.25, -0.2) is 4.79 Å². The summed E-state index contributed by atoms with van der Waals surface area (Å²) in [5.74, 6) is -0.631. The maximum atomic E-state index is 11.7. The number of ether oxygens (including phenoxy) is 1. The number of aromatic amines is 1. The van der Waals surface area contributed by atoms with Gasteiger partial charge in [0.2, 0.25) is 0 Å². The Labute approximate surface area is 113 Å². The van der Waals surface area contributed by atoms with Crippen LogP contribution in [0.2, 0.25) is 5.02 Å². The van der Waals surface area contributed by atoms with Crippen LogP contribution in [0.15, 0.2) is 35.3 Å². The molecule has 0 radical (unpaired) electrons. The van der Waals surface area contributed by atoms with Crippen LogP contribution in [-0.2, 0) is 0 Å². The first-order chi connectivity index (χ1) is 9.02. The van der Waals surface area contributed by atoms with Crippen molar-refractivity contribution < 1.29 is 14.6 Å². The van der Waals surface area contributed by atoms with Gasteiger partial charge in [-0.15, -0.1) is 0 Å². The number of carboxylic acids is 1. The van der Waals surface area contributed by atoms with Gasteiger partial charge in [0.1, 0.15) is 5.75 Å². The first-order valence-corrected chi connectivity index (χ1v) is 5.70. The first kappa shape index (κ1) is 13.2. The predicted molar refractivity (Wildman–Crippen MR) is 71.0 cm³/mol. The largest absolute Gasteiger partial charge is 0.495 e. The minimum atomic E-state index is -1.11. The number of nitrogens with one attached hydrogen (secondary N) is 1. The molecule has 0 amide bonds. The highest BCUT2D eigenvalue weighted by Crippen LogP contribution is 2.29. The second-order valence-corrected chi connectivity index (χ2v) is 4.19. The normalized spacial score (nSPS) is 10.2. The molecule has 98 valence electrons. The average molecular weight is 280 g/mol. The number of carboxylic acid groups (broad SMARTS) is 1. The molecule has 0 spiro atoms. The van der Waals surface area contributed by atoms with Crippen molar-refractivity contribution in [2.24, 2.45) is 0 Å². The molecule has 1 aromatic heterocycles. The molecule has 0 unspecified atom stereocenters. The molecule has 0 saturated heterocycles. The van der Waals surface area contributed by atoms with Crippen molar-refractivity contribution in [1.29, 1.82) is 0 Å². The van der Waals surface area contributed by atoms with Crippen LogP contribution in [0.3, 0.4) is 0 Å². The van der Waals surface area contributed by atoms with Crippen molar-refractivity contribution in [1.82, 2.24) is 4.98 Å². The molecule has 2 N–H and O–H groups in total. The summed E-state index contributed by atoms with van der Waals surface area (Å²) < 4.78 is 5.02. The van der Waals surface area contributed by atoms with E-state index in [2.05, 4.69) is 4.98 Å². The van der Waals surface area contributed by atoms with Gasteiger partial charge >= 0.3 is 5.97 Å². The minimum Gasteiger partial charge on any atom is -0.495 e. The summed E-state index contributed by atoms with van der Waals surface area (Å²) in [6.07, 6.45) is 1.15. The lowest BCUT2D eigenvalue weighted by Gasteiger charge is -2.06. The zero-order chi connectivity index (χ0) is 14.0. The molecule has 0 bridgehead atoms. The highest BCUT2D eigenvalue weighted by Gasteiger charge is 2.11. The Balaban J connectivity index is 2.58. The molecule has 0 aliphatic rings. The Bertz CT molecular complexity index is 693. The first-order valence-electron chi connectivity index (χ1n) is 5.33. The number of hydrogen-bond acceptors (Lipinski definition) is 3. The van der Waals surface area contributed by atoms with E-state index in [0.29, 0.717) is 16.3 Å². The number of pyridine rings is 1. The van der Waals surface area contributed by atoms with E-state index in [1.165, 1.54) is 13.2 Å². The number of aromatic nitrogens is 1. The smallest absolute Gasteiger partial charge is 0.337 e. The van der Waals surface area contributed by atoms with E-state index in [1.807, 2.05) is 0 Å². The van der Waals surface area contributed by atoms with Gasteiger partial charge in [-0.3, -0.25) is 4.79 Å². The molecule has 0 atom stereocenters. The molecular formula is C13H10ClNO4. The number of rotatable bonds is 3. The Morgan fingerprint density at radius 3 is 2.68 bits per heavy atom. The molecule has 2 rings (SSSR count). The fourth-order valence-electron chi connectivity index (χ4n) is 1.66. The van der Waals surface area contributed by atoms with Crippen LogP contribution >= 0.6 is 11.6 Å². The predicted octanol–water partition coefficient (Wildman–Crippen LogP) is 2.40. The van der Waals surface area contributed by atoms with Crippen molar-refractivity contribution in [3.63, 3.8) is 0 Å². The second-order valence-electron chi connectivity index (χ2n) is 3.79. The average Bonchev–Trinajstić information content (AvgIpc) is 2.38. The lowest BCUT2D eigenvalue weighted by molar-refractivity contribution is 0.0696. The highest BCUT2D eigenvalue weighted by molar-refractivity contribution is 6.32. The van der Waals surface area contributed by atoms with E-state index in [0.717, 1.165) is 6.20 Å². The Kier molecular flexibility index (Phi) is 3.57. The zero-order valence-corrected chi connectivity index (χ0v) is 10.7. The van der Waals surface area contributed by atoms with Crippen LogP contribution in [0.25, 0.3) is 11.1 Å².